The largest absolute Gasteiger partial charge is 0.331 e. The van der Waals surface area contributed by atoms with Crippen LogP contribution in [0.2, 0.25) is 0 Å². The van der Waals surface area contributed by atoms with Crippen LogP contribution in [0.1, 0.15) is 10.4 Å². The lowest BCUT2D eigenvalue weighted by Gasteiger charge is -2.10. The van der Waals surface area contributed by atoms with Gasteiger partial charge in [-0.15, -0.1) is 0 Å². The first-order chi connectivity index (χ1) is 11.8. The molecule has 1 amide bonds. The zero-order valence-electron chi connectivity index (χ0n) is 12.3. The topological polar surface area (TPSA) is 127 Å². The van der Waals surface area contributed by atoms with E-state index in [1.54, 1.807) is 24.3 Å². The molecule has 0 saturated carbocycles. The van der Waals surface area contributed by atoms with Crippen LogP contribution in [0.25, 0.3) is 0 Å². The van der Waals surface area contributed by atoms with E-state index < -0.39 is 27.1 Å². The number of hydrogen-bond acceptors (Lipinski definition) is 6. The highest BCUT2D eigenvalue weighted by molar-refractivity contribution is 9.10. The molecule has 0 bridgehead atoms. The van der Waals surface area contributed by atoms with E-state index in [0.29, 0.717) is 10.2 Å². The Morgan fingerprint density at radius 1 is 1.04 bits per heavy atom. The minimum atomic E-state index is -0.818. The van der Waals surface area contributed by atoms with Crippen molar-refractivity contribution in [2.45, 2.75) is 0 Å². The van der Waals surface area contributed by atoms with E-state index in [1.165, 1.54) is 0 Å². The van der Waals surface area contributed by atoms with Crippen LogP contribution in [0.3, 0.4) is 0 Å². The van der Waals surface area contributed by atoms with E-state index in [2.05, 4.69) is 26.6 Å². The Hall–Kier alpha value is -2.92. The second-order valence-electron chi connectivity index (χ2n) is 4.64. The van der Waals surface area contributed by atoms with Crippen LogP contribution in [0.15, 0.2) is 46.9 Å². The number of anilines is 1. The Bertz CT molecular complexity index is 857. The predicted octanol–water partition coefficient (Wildman–Crippen LogP) is 3.39. The van der Waals surface area contributed by atoms with Crippen molar-refractivity contribution in [3.63, 3.8) is 0 Å². The summed E-state index contributed by atoms with van der Waals surface area (Å²) in [5.41, 5.74) is -0.789. The summed E-state index contributed by atoms with van der Waals surface area (Å²) in [7, 11) is 0. The number of nitrogens with one attached hydrogen (secondary N) is 2. The van der Waals surface area contributed by atoms with Gasteiger partial charge in [0.2, 0.25) is 0 Å². The number of carbonyl (C=O) groups is 1. The molecule has 0 spiro atoms. The van der Waals surface area contributed by atoms with E-state index in [1.807, 2.05) is 0 Å². The first kappa shape index (κ1) is 18.4. The summed E-state index contributed by atoms with van der Waals surface area (Å²) < 4.78 is 0.706. The van der Waals surface area contributed by atoms with Crippen molar-refractivity contribution >= 4 is 56.2 Å². The average Bonchev–Trinajstić information content (AvgIpc) is 2.56. The second kappa shape index (κ2) is 7.77. The highest BCUT2D eigenvalue weighted by Gasteiger charge is 2.20. The molecule has 2 aromatic carbocycles. The minimum Gasteiger partial charge on any atom is -0.331 e. The Morgan fingerprint density at radius 2 is 1.60 bits per heavy atom. The van der Waals surface area contributed by atoms with Gasteiger partial charge in [0, 0.05) is 16.6 Å². The molecule has 2 aromatic rings. The summed E-state index contributed by atoms with van der Waals surface area (Å²) >= 11 is 8.31. The first-order valence-corrected chi connectivity index (χ1v) is 7.79. The molecule has 0 heterocycles. The van der Waals surface area contributed by atoms with Crippen LogP contribution < -0.4 is 10.6 Å². The van der Waals surface area contributed by atoms with Gasteiger partial charge in [0.1, 0.15) is 0 Å². The molecule has 25 heavy (non-hydrogen) atoms. The number of thiocarbonyl (C=S) groups is 1. The number of halogens is 1. The number of rotatable bonds is 4. The monoisotopic (exact) mass is 424 g/mol. The van der Waals surface area contributed by atoms with Gasteiger partial charge in [-0.3, -0.25) is 30.3 Å². The molecular formula is C14H9BrN4O5S. The van der Waals surface area contributed by atoms with Gasteiger partial charge in [-0.1, -0.05) is 12.1 Å². The molecule has 128 valence electrons. The van der Waals surface area contributed by atoms with Gasteiger partial charge in [0.25, 0.3) is 17.3 Å². The number of hydrogen-bond donors (Lipinski definition) is 2. The summed E-state index contributed by atoms with van der Waals surface area (Å²) in [6.07, 6.45) is 0. The van der Waals surface area contributed by atoms with Crippen molar-refractivity contribution in [2.75, 3.05) is 5.32 Å². The molecule has 0 aliphatic carbocycles. The fraction of sp³-hybridized carbons (Fsp3) is 0. The van der Waals surface area contributed by atoms with Crippen LogP contribution >= 0.6 is 28.1 Å². The molecule has 0 aromatic heterocycles. The Kier molecular flexibility index (Phi) is 5.72. The van der Waals surface area contributed by atoms with Crippen molar-refractivity contribution in [1.82, 2.24) is 5.32 Å². The van der Waals surface area contributed by atoms with Crippen molar-refractivity contribution in [3.8, 4) is 0 Å². The Labute approximate surface area is 154 Å². The Balaban J connectivity index is 2.20. The number of nitrogens with zero attached hydrogens (tertiary/aromatic N) is 2. The summed E-state index contributed by atoms with van der Waals surface area (Å²) in [5, 5.41) is 26.7. The molecule has 9 nitrogen and oxygen atoms in total. The van der Waals surface area contributed by atoms with Crippen molar-refractivity contribution in [3.05, 3.63) is 72.7 Å². The maximum atomic E-state index is 12.2. The highest BCUT2D eigenvalue weighted by atomic mass is 79.9. The molecule has 0 aliphatic heterocycles. The van der Waals surface area contributed by atoms with Gasteiger partial charge in [-0.25, -0.2) is 0 Å². The fourth-order valence-electron chi connectivity index (χ4n) is 1.83. The number of carbonyl (C=O) groups excluding carboxylic acids is 1. The van der Waals surface area contributed by atoms with E-state index >= 15 is 0 Å². The van der Waals surface area contributed by atoms with Gasteiger partial charge in [0.05, 0.1) is 27.2 Å². The summed E-state index contributed by atoms with van der Waals surface area (Å²) in [6, 6.07) is 9.65. The van der Waals surface area contributed by atoms with E-state index in [-0.39, 0.29) is 10.7 Å². The fourth-order valence-corrected chi connectivity index (χ4v) is 2.42. The van der Waals surface area contributed by atoms with E-state index in [4.69, 9.17) is 12.2 Å². The van der Waals surface area contributed by atoms with Gasteiger partial charge in [-0.2, -0.15) is 0 Å². The molecule has 2 N–H and O–H groups in total. The zero-order chi connectivity index (χ0) is 18.6. The third-order valence-electron chi connectivity index (χ3n) is 2.94. The first-order valence-electron chi connectivity index (χ1n) is 6.58. The van der Waals surface area contributed by atoms with Crippen molar-refractivity contribution in [1.29, 1.82) is 0 Å². The summed E-state index contributed by atoms with van der Waals surface area (Å²) in [6.45, 7) is 0. The van der Waals surface area contributed by atoms with Gasteiger partial charge in [0.15, 0.2) is 5.11 Å². The second-order valence-corrected chi connectivity index (χ2v) is 5.90. The quantitative estimate of drug-likeness (QED) is 0.437. The van der Waals surface area contributed by atoms with Crippen LogP contribution in [-0.4, -0.2) is 20.9 Å². The molecule has 0 atom stereocenters. The Morgan fingerprint density at radius 3 is 2.12 bits per heavy atom. The lowest BCUT2D eigenvalue weighted by Crippen LogP contribution is -2.34. The predicted molar refractivity (Wildman–Crippen MR) is 97.6 cm³/mol. The zero-order valence-corrected chi connectivity index (χ0v) is 14.7. The smallest absolute Gasteiger partial charge is 0.277 e. The number of benzene rings is 2. The number of amides is 1. The molecular weight excluding hydrogens is 416 g/mol. The normalized spacial score (nSPS) is 9.96. The molecule has 11 heteroatoms. The lowest BCUT2D eigenvalue weighted by molar-refractivity contribution is -0.394. The van der Waals surface area contributed by atoms with Crippen LogP contribution in [-0.2, 0) is 0 Å². The van der Waals surface area contributed by atoms with Crippen LogP contribution in [0.5, 0.6) is 0 Å². The number of non-ortho nitro benzene ring substituents is 2. The maximum Gasteiger partial charge on any atom is 0.277 e. The summed E-state index contributed by atoms with van der Waals surface area (Å²) in [5.74, 6) is -0.809. The maximum absolute atomic E-state index is 12.2. The lowest BCUT2D eigenvalue weighted by atomic mass is 10.1. The van der Waals surface area contributed by atoms with E-state index in [9.17, 15) is 25.0 Å². The van der Waals surface area contributed by atoms with Crippen molar-refractivity contribution < 1.29 is 14.6 Å². The highest BCUT2D eigenvalue weighted by Crippen LogP contribution is 2.23. The molecule has 2 rings (SSSR count). The molecule has 0 saturated heterocycles. The minimum absolute atomic E-state index is 0.0638. The average molecular weight is 425 g/mol. The third kappa shape index (κ3) is 4.78. The van der Waals surface area contributed by atoms with Crippen molar-refractivity contribution in [2.24, 2.45) is 0 Å². The molecule has 0 radical (unpaired) electrons. The molecule has 0 unspecified atom stereocenters. The molecule has 0 fully saturated rings. The van der Waals surface area contributed by atoms with E-state index in [0.717, 1.165) is 18.2 Å². The third-order valence-corrected chi connectivity index (χ3v) is 3.83. The number of nitro benzene ring substituents is 2. The van der Waals surface area contributed by atoms with Gasteiger partial charge in [-0.05, 0) is 40.3 Å². The van der Waals surface area contributed by atoms with Gasteiger partial charge < -0.3 is 5.32 Å². The number of para-hydroxylation sites is 1. The van der Waals surface area contributed by atoms with Gasteiger partial charge >= 0.3 is 0 Å². The van der Waals surface area contributed by atoms with Crippen LogP contribution in [0, 0.1) is 20.2 Å². The standard InChI is InChI=1S/C14H9BrN4O5S/c15-11-3-1-2-4-12(11)16-14(25)17-13(20)8-5-9(18(21)22)7-10(6-8)19(23)24/h1-7H,(H2,16,17,20,25). The van der Waals surface area contributed by atoms with Crippen LogP contribution in [0.4, 0.5) is 17.1 Å². The summed E-state index contributed by atoms with van der Waals surface area (Å²) in [4.78, 5) is 32.3. The number of nitro groups is 2. The molecule has 0 aliphatic rings. The SMILES string of the molecule is O=C(NC(=S)Nc1ccccc1Br)c1cc([N+](=O)[O-])cc([N+](=O)[O-])c1.